The summed E-state index contributed by atoms with van der Waals surface area (Å²) < 4.78 is 5.62. The van der Waals surface area contributed by atoms with E-state index < -0.39 is 0 Å². The molecule has 0 atom stereocenters. The van der Waals surface area contributed by atoms with Gasteiger partial charge in [0.2, 0.25) is 0 Å². The molecule has 0 saturated carbocycles. The van der Waals surface area contributed by atoms with Crippen molar-refractivity contribution in [1.29, 1.82) is 0 Å². The second-order valence-corrected chi connectivity index (χ2v) is 4.51. The zero-order chi connectivity index (χ0) is 13.5. The van der Waals surface area contributed by atoms with E-state index >= 15 is 0 Å². The van der Waals surface area contributed by atoms with Crippen LogP contribution in [0.15, 0.2) is 48.5 Å². The Hall–Kier alpha value is -2.16. The lowest BCUT2D eigenvalue weighted by Gasteiger charge is -2.09. The monoisotopic (exact) mass is 256 g/mol. The number of hydrogen-bond donors (Lipinski definition) is 2. The Kier molecular flexibility index (Phi) is 4.67. The van der Waals surface area contributed by atoms with Gasteiger partial charge >= 0.3 is 0 Å². The minimum atomic E-state index is 0.707. The summed E-state index contributed by atoms with van der Waals surface area (Å²) in [6.45, 7) is 3.58. The summed E-state index contributed by atoms with van der Waals surface area (Å²) in [5, 5.41) is 3.34. The van der Waals surface area contributed by atoms with Crippen molar-refractivity contribution >= 4 is 11.4 Å². The third kappa shape index (κ3) is 4.21. The molecule has 0 aliphatic heterocycles. The van der Waals surface area contributed by atoms with Gasteiger partial charge in [-0.1, -0.05) is 24.3 Å². The highest BCUT2D eigenvalue weighted by Gasteiger charge is 1.96. The van der Waals surface area contributed by atoms with Crippen molar-refractivity contribution in [1.82, 2.24) is 0 Å². The summed E-state index contributed by atoms with van der Waals surface area (Å²) in [4.78, 5) is 0. The molecule has 2 aromatic carbocycles. The topological polar surface area (TPSA) is 47.3 Å². The van der Waals surface area contributed by atoms with Crippen LogP contribution in [0.1, 0.15) is 12.0 Å². The average Bonchev–Trinajstić information content (AvgIpc) is 2.43. The van der Waals surface area contributed by atoms with Crippen LogP contribution < -0.4 is 15.8 Å². The van der Waals surface area contributed by atoms with Crippen LogP contribution in [0.5, 0.6) is 5.75 Å². The van der Waals surface area contributed by atoms with Crippen LogP contribution >= 0.6 is 0 Å². The molecule has 2 rings (SSSR count). The fourth-order valence-corrected chi connectivity index (χ4v) is 1.76. The number of hydrogen-bond acceptors (Lipinski definition) is 3. The summed E-state index contributed by atoms with van der Waals surface area (Å²) in [6, 6.07) is 15.9. The standard InChI is InChI=1S/C16H20N2O/c1-13-8-9-14(12-16(13)17)18-10-5-11-19-15-6-3-2-4-7-15/h2-4,6-9,12,18H,5,10-11,17H2,1H3. The van der Waals surface area contributed by atoms with Crippen LogP contribution in [0.3, 0.4) is 0 Å². The number of nitrogens with two attached hydrogens (primary N) is 1. The maximum absolute atomic E-state index is 5.86. The average molecular weight is 256 g/mol. The van der Waals surface area contributed by atoms with Crippen molar-refractivity contribution in [2.45, 2.75) is 13.3 Å². The molecule has 0 saturated heterocycles. The normalized spacial score (nSPS) is 10.2. The molecule has 0 amide bonds. The van der Waals surface area contributed by atoms with Crippen molar-refractivity contribution in [3.63, 3.8) is 0 Å². The van der Waals surface area contributed by atoms with E-state index in [0.29, 0.717) is 6.61 Å². The molecule has 3 nitrogen and oxygen atoms in total. The van der Waals surface area contributed by atoms with E-state index in [2.05, 4.69) is 5.32 Å². The molecule has 2 aromatic rings. The van der Waals surface area contributed by atoms with E-state index in [0.717, 1.165) is 35.7 Å². The molecule has 0 fully saturated rings. The van der Waals surface area contributed by atoms with Crippen LogP contribution in [0.2, 0.25) is 0 Å². The third-order valence-electron chi connectivity index (χ3n) is 2.94. The smallest absolute Gasteiger partial charge is 0.119 e. The molecule has 0 radical (unpaired) electrons. The highest BCUT2D eigenvalue weighted by molar-refractivity contribution is 5.58. The Labute approximate surface area is 114 Å². The lowest BCUT2D eigenvalue weighted by molar-refractivity contribution is 0.315. The number of anilines is 2. The number of aryl methyl sites for hydroxylation is 1. The molecule has 0 spiro atoms. The molecule has 3 heteroatoms. The third-order valence-corrected chi connectivity index (χ3v) is 2.94. The Bertz CT molecular complexity index is 511. The molecular weight excluding hydrogens is 236 g/mol. The molecule has 19 heavy (non-hydrogen) atoms. The maximum Gasteiger partial charge on any atom is 0.119 e. The predicted molar refractivity (Wildman–Crippen MR) is 80.6 cm³/mol. The van der Waals surface area contributed by atoms with E-state index in [4.69, 9.17) is 10.5 Å². The van der Waals surface area contributed by atoms with Crippen molar-refractivity contribution in [3.05, 3.63) is 54.1 Å². The van der Waals surface area contributed by atoms with Crippen LogP contribution in [-0.2, 0) is 0 Å². The maximum atomic E-state index is 5.86. The van der Waals surface area contributed by atoms with Crippen molar-refractivity contribution < 1.29 is 4.74 Å². The van der Waals surface area contributed by atoms with Gasteiger partial charge in [-0.15, -0.1) is 0 Å². The summed E-state index contributed by atoms with van der Waals surface area (Å²) in [5.74, 6) is 0.919. The second-order valence-electron chi connectivity index (χ2n) is 4.51. The summed E-state index contributed by atoms with van der Waals surface area (Å²) in [7, 11) is 0. The fraction of sp³-hybridized carbons (Fsp3) is 0.250. The van der Waals surface area contributed by atoms with Crippen molar-refractivity contribution in [3.8, 4) is 5.75 Å². The quantitative estimate of drug-likeness (QED) is 0.614. The molecule has 0 bridgehead atoms. The van der Waals surface area contributed by atoms with Crippen molar-refractivity contribution in [2.75, 3.05) is 24.2 Å². The molecular formula is C16H20N2O. The summed E-state index contributed by atoms with van der Waals surface area (Å²) in [5.41, 5.74) is 8.85. The number of rotatable bonds is 6. The minimum Gasteiger partial charge on any atom is -0.494 e. The number of nitrogens with one attached hydrogen (secondary N) is 1. The molecule has 0 heterocycles. The first kappa shape index (κ1) is 13.3. The summed E-state index contributed by atoms with van der Waals surface area (Å²) in [6.07, 6.45) is 0.947. The molecule has 100 valence electrons. The van der Waals surface area contributed by atoms with Crippen LogP contribution in [0.4, 0.5) is 11.4 Å². The largest absolute Gasteiger partial charge is 0.494 e. The van der Waals surface area contributed by atoms with Gasteiger partial charge in [0.1, 0.15) is 5.75 Å². The Morgan fingerprint density at radius 3 is 2.63 bits per heavy atom. The number of para-hydroxylation sites is 1. The SMILES string of the molecule is Cc1ccc(NCCCOc2ccccc2)cc1N. The number of benzene rings is 2. The second kappa shape index (κ2) is 6.69. The summed E-state index contributed by atoms with van der Waals surface area (Å²) >= 11 is 0. The lowest BCUT2D eigenvalue weighted by Crippen LogP contribution is -2.07. The zero-order valence-electron chi connectivity index (χ0n) is 11.2. The first-order valence-electron chi connectivity index (χ1n) is 6.53. The van der Waals surface area contributed by atoms with Gasteiger partial charge in [0.15, 0.2) is 0 Å². The molecule has 0 unspecified atom stereocenters. The van der Waals surface area contributed by atoms with E-state index in [1.165, 1.54) is 0 Å². The Balaban J connectivity index is 1.68. The van der Waals surface area contributed by atoms with Gasteiger partial charge in [0, 0.05) is 17.9 Å². The van der Waals surface area contributed by atoms with Gasteiger partial charge in [0.05, 0.1) is 6.61 Å². The minimum absolute atomic E-state index is 0.707. The molecule has 0 aliphatic carbocycles. The van der Waals surface area contributed by atoms with Crippen LogP contribution in [-0.4, -0.2) is 13.2 Å². The van der Waals surface area contributed by atoms with Gasteiger partial charge in [-0.05, 0) is 43.2 Å². The van der Waals surface area contributed by atoms with E-state index in [1.807, 2.05) is 55.5 Å². The predicted octanol–water partition coefficient (Wildman–Crippen LogP) is 3.46. The lowest BCUT2D eigenvalue weighted by atomic mass is 10.2. The fourth-order valence-electron chi connectivity index (χ4n) is 1.76. The van der Waals surface area contributed by atoms with Gasteiger partial charge < -0.3 is 15.8 Å². The van der Waals surface area contributed by atoms with Crippen LogP contribution in [0.25, 0.3) is 0 Å². The number of nitrogen functional groups attached to an aromatic ring is 1. The van der Waals surface area contributed by atoms with Gasteiger partial charge in [-0.25, -0.2) is 0 Å². The Morgan fingerprint density at radius 1 is 1.11 bits per heavy atom. The highest BCUT2D eigenvalue weighted by atomic mass is 16.5. The van der Waals surface area contributed by atoms with Gasteiger partial charge in [-0.2, -0.15) is 0 Å². The van der Waals surface area contributed by atoms with Crippen LogP contribution in [0, 0.1) is 6.92 Å². The van der Waals surface area contributed by atoms with Crippen molar-refractivity contribution in [2.24, 2.45) is 0 Å². The Morgan fingerprint density at radius 2 is 1.89 bits per heavy atom. The first-order valence-corrected chi connectivity index (χ1v) is 6.53. The zero-order valence-corrected chi connectivity index (χ0v) is 11.2. The van der Waals surface area contributed by atoms with E-state index in [1.54, 1.807) is 0 Å². The molecule has 3 N–H and O–H groups in total. The molecule has 0 aliphatic rings. The highest BCUT2D eigenvalue weighted by Crippen LogP contribution is 2.16. The molecule has 0 aromatic heterocycles. The van der Waals surface area contributed by atoms with Gasteiger partial charge in [-0.3, -0.25) is 0 Å². The van der Waals surface area contributed by atoms with E-state index in [9.17, 15) is 0 Å². The first-order chi connectivity index (χ1) is 9.25. The number of ether oxygens (including phenoxy) is 1. The van der Waals surface area contributed by atoms with Gasteiger partial charge in [0.25, 0.3) is 0 Å². The van der Waals surface area contributed by atoms with E-state index in [-0.39, 0.29) is 0 Å².